The van der Waals surface area contributed by atoms with Crippen LogP contribution in [0.15, 0.2) is 49.7 Å². The lowest BCUT2D eigenvalue weighted by Crippen LogP contribution is -2.10. The van der Waals surface area contributed by atoms with Gasteiger partial charge >= 0.3 is 5.97 Å². The van der Waals surface area contributed by atoms with Crippen LogP contribution in [0.4, 0.5) is 0 Å². The van der Waals surface area contributed by atoms with Gasteiger partial charge in [0.2, 0.25) is 0 Å². The summed E-state index contributed by atoms with van der Waals surface area (Å²) in [6.07, 6.45) is -1.03. The minimum atomic E-state index is -1.03. The van der Waals surface area contributed by atoms with Gasteiger partial charge in [0.1, 0.15) is 11.3 Å². The summed E-state index contributed by atoms with van der Waals surface area (Å²) in [6.45, 7) is 2.65. The minimum absolute atomic E-state index is 0.0995. The van der Waals surface area contributed by atoms with E-state index in [0.29, 0.717) is 0 Å². The number of aromatic hydroxyl groups is 1. The Morgan fingerprint density at radius 3 is 2.46 bits per heavy atom. The van der Waals surface area contributed by atoms with Gasteiger partial charge in [-0.05, 0) is 57.0 Å². The average molecular weight is 486 g/mol. The average Bonchev–Trinajstić information content (AvgIpc) is 3.08. The van der Waals surface area contributed by atoms with Gasteiger partial charge < -0.3 is 14.3 Å². The van der Waals surface area contributed by atoms with Crippen LogP contribution in [0.3, 0.4) is 0 Å². The predicted octanol–water partition coefficient (Wildman–Crippen LogP) is 5.52. The molecule has 0 aliphatic rings. The highest BCUT2D eigenvalue weighted by Crippen LogP contribution is 2.37. The normalized spacial score (nSPS) is 14.3. The number of hydrogen-bond acceptors (Lipinski definition) is 5. The van der Waals surface area contributed by atoms with Gasteiger partial charge in [-0.3, -0.25) is 9.59 Å². The third-order valence-corrected chi connectivity index (χ3v) is 4.79. The third kappa shape index (κ3) is 3.41. The van der Waals surface area contributed by atoms with Crippen LogP contribution >= 0.6 is 31.9 Å². The second-order valence-corrected chi connectivity index (χ2v) is 7.12. The van der Waals surface area contributed by atoms with E-state index >= 15 is 0 Å². The maximum absolute atomic E-state index is 13.4. The second-order valence-electron chi connectivity index (χ2n) is 5.41. The number of para-hydroxylation sites is 1. The number of fused-ring (bicyclic) bond motifs is 1. The molecule has 1 heterocycles. The molecule has 5 nitrogen and oxygen atoms in total. The van der Waals surface area contributed by atoms with E-state index < -0.39 is 42.0 Å². The second kappa shape index (κ2) is 7.25. The first kappa shape index (κ1) is 14.0. The van der Waals surface area contributed by atoms with Crippen molar-refractivity contribution in [3.8, 4) is 5.75 Å². The quantitative estimate of drug-likeness (QED) is 0.389. The molecule has 0 saturated heterocycles. The van der Waals surface area contributed by atoms with Crippen LogP contribution < -0.4 is 0 Å². The van der Waals surface area contributed by atoms with Gasteiger partial charge in [0.15, 0.2) is 17.6 Å². The van der Waals surface area contributed by atoms with Crippen molar-refractivity contribution in [1.29, 1.82) is 0 Å². The fraction of sp³-hybridized carbons (Fsp3) is 0.158. The van der Waals surface area contributed by atoms with E-state index in [1.54, 1.807) is 0 Å². The molecular weight excluding hydrogens is 468 g/mol. The zero-order valence-electron chi connectivity index (χ0n) is 17.6. The maximum Gasteiger partial charge on any atom is 0.303 e. The van der Waals surface area contributed by atoms with E-state index in [1.165, 1.54) is 26.0 Å². The van der Waals surface area contributed by atoms with E-state index in [4.69, 9.17) is 14.6 Å². The first-order valence-corrected chi connectivity index (χ1v) is 8.96. The van der Waals surface area contributed by atoms with Crippen molar-refractivity contribution in [2.24, 2.45) is 0 Å². The van der Waals surface area contributed by atoms with Crippen LogP contribution in [0.5, 0.6) is 5.75 Å². The molecule has 7 heteroatoms. The molecular formula is C19H14Br2O5. The number of benzene rings is 2. The SMILES string of the molecule is [2H]c1c([2H])c([2H])c2c(C(=O)c3cc(Br)c(O)c(Br)c3)c(C(C)OC(C)=O)oc2c1[2H]. The van der Waals surface area contributed by atoms with Crippen molar-refractivity contribution in [1.82, 2.24) is 0 Å². The lowest BCUT2D eigenvalue weighted by molar-refractivity contribution is -0.146. The van der Waals surface area contributed by atoms with E-state index in [9.17, 15) is 14.7 Å². The highest BCUT2D eigenvalue weighted by molar-refractivity contribution is 9.11. The summed E-state index contributed by atoms with van der Waals surface area (Å²) in [7, 11) is 0. The number of phenols is 1. The zero-order valence-corrected chi connectivity index (χ0v) is 16.7. The molecule has 0 aliphatic heterocycles. The van der Waals surface area contributed by atoms with Gasteiger partial charge in [-0.2, -0.15) is 0 Å². The summed E-state index contributed by atoms with van der Waals surface area (Å²) in [6, 6.07) is 0.801. The third-order valence-electron chi connectivity index (χ3n) is 3.58. The van der Waals surface area contributed by atoms with Crippen molar-refractivity contribution in [3.05, 3.63) is 62.1 Å². The van der Waals surface area contributed by atoms with E-state index in [2.05, 4.69) is 31.9 Å². The zero-order chi connectivity index (χ0) is 22.5. The summed E-state index contributed by atoms with van der Waals surface area (Å²) >= 11 is 6.32. The first-order chi connectivity index (χ1) is 14.0. The molecule has 1 aromatic heterocycles. The van der Waals surface area contributed by atoms with Gasteiger partial charge in [0.05, 0.1) is 20.0 Å². The molecule has 1 unspecified atom stereocenters. The van der Waals surface area contributed by atoms with Crippen LogP contribution in [0, 0.1) is 0 Å². The molecule has 0 amide bonds. The number of furan rings is 1. The predicted molar refractivity (Wildman–Crippen MR) is 103 cm³/mol. The monoisotopic (exact) mass is 484 g/mol. The molecule has 0 spiro atoms. The number of ketones is 1. The van der Waals surface area contributed by atoms with Gasteiger partial charge in [-0.25, -0.2) is 0 Å². The molecule has 26 heavy (non-hydrogen) atoms. The fourth-order valence-electron chi connectivity index (χ4n) is 2.49. The first-order valence-electron chi connectivity index (χ1n) is 9.38. The van der Waals surface area contributed by atoms with Crippen molar-refractivity contribution in [2.75, 3.05) is 0 Å². The number of carbonyl (C=O) groups excluding carboxylic acids is 2. The Morgan fingerprint density at radius 2 is 1.85 bits per heavy atom. The van der Waals surface area contributed by atoms with E-state index in [1.807, 2.05) is 0 Å². The van der Waals surface area contributed by atoms with E-state index in [-0.39, 0.29) is 42.6 Å². The Morgan fingerprint density at radius 1 is 1.23 bits per heavy atom. The Labute approximate surface area is 171 Å². The number of phenolic OH excluding ortho intramolecular Hbond substituents is 1. The van der Waals surface area contributed by atoms with Gasteiger partial charge in [0.25, 0.3) is 0 Å². The van der Waals surface area contributed by atoms with Gasteiger partial charge in [0, 0.05) is 17.9 Å². The largest absolute Gasteiger partial charge is 0.506 e. The lowest BCUT2D eigenvalue weighted by atomic mass is 9.98. The summed E-state index contributed by atoms with van der Waals surface area (Å²) < 4.78 is 43.5. The van der Waals surface area contributed by atoms with Gasteiger partial charge in [-0.15, -0.1) is 0 Å². The van der Waals surface area contributed by atoms with Gasteiger partial charge in [-0.1, -0.05) is 18.1 Å². The number of halogens is 2. The van der Waals surface area contributed by atoms with Crippen molar-refractivity contribution >= 4 is 54.6 Å². The Hall–Kier alpha value is -2.12. The molecule has 0 saturated carbocycles. The fourth-order valence-corrected chi connectivity index (χ4v) is 3.68. The number of ether oxygens (including phenoxy) is 1. The van der Waals surface area contributed by atoms with Crippen LogP contribution in [-0.4, -0.2) is 16.9 Å². The van der Waals surface area contributed by atoms with Crippen molar-refractivity contribution < 1.29 is 29.3 Å². The smallest absolute Gasteiger partial charge is 0.303 e. The lowest BCUT2D eigenvalue weighted by Gasteiger charge is -2.11. The van der Waals surface area contributed by atoms with Crippen LogP contribution in [0.1, 0.15) is 47.1 Å². The summed E-state index contributed by atoms with van der Waals surface area (Å²) in [5.41, 5.74) is -0.247. The summed E-state index contributed by atoms with van der Waals surface area (Å²) in [5, 5.41) is 9.81. The number of carbonyl (C=O) groups is 2. The van der Waals surface area contributed by atoms with E-state index in [0.717, 1.165) is 0 Å². The topological polar surface area (TPSA) is 76.7 Å². The molecule has 0 fully saturated rings. The van der Waals surface area contributed by atoms with Crippen molar-refractivity contribution in [2.45, 2.75) is 20.0 Å². The Bertz CT molecular complexity index is 1200. The minimum Gasteiger partial charge on any atom is -0.506 e. The molecule has 0 bridgehead atoms. The molecule has 3 rings (SSSR count). The summed E-state index contributed by atoms with van der Waals surface area (Å²) in [4.78, 5) is 24.9. The standard InChI is InChI=1S/C19H14Br2O5/c1-9(25-10(2)22)19-16(12-5-3-4-6-15(12)26-19)17(23)11-7-13(20)18(24)14(21)8-11/h3-9,24H,1-2H3/i3D,4D,5D,6D. The highest BCUT2D eigenvalue weighted by atomic mass is 79.9. The van der Waals surface area contributed by atoms with Crippen molar-refractivity contribution in [3.63, 3.8) is 0 Å². The number of esters is 1. The number of rotatable bonds is 4. The number of hydrogen-bond donors (Lipinski definition) is 1. The maximum atomic E-state index is 13.4. The molecule has 1 atom stereocenters. The summed E-state index contributed by atoms with van der Waals surface area (Å²) in [5.74, 6) is -1.47. The van der Waals surface area contributed by atoms with Crippen LogP contribution in [0.2, 0.25) is 0 Å². The van der Waals surface area contributed by atoms with Crippen LogP contribution in [-0.2, 0) is 9.53 Å². The molecule has 2 aromatic carbocycles. The molecule has 0 radical (unpaired) electrons. The molecule has 3 aromatic rings. The highest BCUT2D eigenvalue weighted by Gasteiger charge is 2.27. The molecule has 0 aliphatic carbocycles. The molecule has 134 valence electrons. The Kier molecular flexibility index (Phi) is 3.90. The molecule has 1 N–H and O–H groups in total. The Balaban J connectivity index is 2.38. The van der Waals surface area contributed by atoms with Crippen LogP contribution in [0.25, 0.3) is 11.0 Å².